The van der Waals surface area contributed by atoms with Crippen LogP contribution in [0.15, 0.2) is 34.5 Å². The summed E-state index contributed by atoms with van der Waals surface area (Å²) in [6.07, 6.45) is 0. The molecule has 0 saturated carbocycles. The standard InChI is InChI=1S/C18H24N4O4S2/c1-5-22(6-2)28(25,26)15-9-7-14(8-10-15)12(3)19-17(24)16-11-27-18(21-16)20-13(4)23/h7-12H,5-6H2,1-4H3,(H,19,24)(H,20,21,23). The maximum Gasteiger partial charge on any atom is 0.271 e. The molecule has 8 nitrogen and oxygen atoms in total. The molecular formula is C18H24N4O4S2. The zero-order valence-electron chi connectivity index (χ0n) is 16.2. The lowest BCUT2D eigenvalue weighted by atomic mass is 10.1. The molecule has 0 aliphatic carbocycles. The van der Waals surface area contributed by atoms with Gasteiger partial charge in [-0.25, -0.2) is 13.4 Å². The van der Waals surface area contributed by atoms with Crippen LogP contribution in [0.4, 0.5) is 5.13 Å². The monoisotopic (exact) mass is 424 g/mol. The third kappa shape index (κ3) is 5.15. The second-order valence-electron chi connectivity index (χ2n) is 6.07. The molecule has 2 rings (SSSR count). The average Bonchev–Trinajstić information content (AvgIpc) is 3.10. The van der Waals surface area contributed by atoms with Gasteiger partial charge >= 0.3 is 0 Å². The molecule has 28 heavy (non-hydrogen) atoms. The molecule has 1 aromatic carbocycles. The number of rotatable bonds is 8. The van der Waals surface area contributed by atoms with Crippen LogP contribution in [0.1, 0.15) is 49.8 Å². The highest BCUT2D eigenvalue weighted by Crippen LogP contribution is 2.20. The van der Waals surface area contributed by atoms with E-state index in [1.165, 1.54) is 22.6 Å². The van der Waals surface area contributed by atoms with Gasteiger partial charge in [-0.2, -0.15) is 4.31 Å². The number of aromatic nitrogens is 1. The number of thiazole rings is 1. The number of nitrogens with zero attached hydrogens (tertiary/aromatic N) is 2. The van der Waals surface area contributed by atoms with E-state index in [0.717, 1.165) is 5.56 Å². The van der Waals surface area contributed by atoms with E-state index in [2.05, 4.69) is 15.6 Å². The van der Waals surface area contributed by atoms with Gasteiger partial charge in [-0.1, -0.05) is 26.0 Å². The number of carbonyl (C=O) groups is 2. The predicted molar refractivity (Wildman–Crippen MR) is 109 cm³/mol. The Balaban J connectivity index is 2.08. The second kappa shape index (κ2) is 9.26. The molecule has 0 aliphatic rings. The van der Waals surface area contributed by atoms with Gasteiger partial charge in [-0.15, -0.1) is 11.3 Å². The van der Waals surface area contributed by atoms with Gasteiger partial charge in [0.2, 0.25) is 15.9 Å². The van der Waals surface area contributed by atoms with Crippen LogP contribution in [0.2, 0.25) is 0 Å². The molecule has 0 fully saturated rings. The maximum absolute atomic E-state index is 12.5. The predicted octanol–water partition coefficient (Wildman–Crippen LogP) is 2.62. The normalized spacial score (nSPS) is 12.6. The van der Waals surface area contributed by atoms with Crippen LogP contribution in [-0.2, 0) is 14.8 Å². The molecule has 2 aromatic rings. The number of amides is 2. The number of sulfonamides is 1. The van der Waals surface area contributed by atoms with E-state index < -0.39 is 10.0 Å². The van der Waals surface area contributed by atoms with E-state index in [0.29, 0.717) is 18.2 Å². The lowest BCUT2D eigenvalue weighted by molar-refractivity contribution is -0.114. The van der Waals surface area contributed by atoms with Crippen LogP contribution in [0, 0.1) is 0 Å². The summed E-state index contributed by atoms with van der Waals surface area (Å²) >= 11 is 1.17. The van der Waals surface area contributed by atoms with Crippen LogP contribution in [0.5, 0.6) is 0 Å². The molecule has 1 unspecified atom stereocenters. The van der Waals surface area contributed by atoms with Gasteiger partial charge in [0.15, 0.2) is 5.13 Å². The van der Waals surface area contributed by atoms with Crippen molar-refractivity contribution >= 4 is 38.3 Å². The number of hydrogen-bond acceptors (Lipinski definition) is 6. The van der Waals surface area contributed by atoms with Crippen molar-refractivity contribution in [1.29, 1.82) is 0 Å². The van der Waals surface area contributed by atoms with Gasteiger partial charge in [0, 0.05) is 25.4 Å². The first-order valence-electron chi connectivity index (χ1n) is 8.83. The van der Waals surface area contributed by atoms with E-state index in [9.17, 15) is 18.0 Å². The zero-order chi connectivity index (χ0) is 20.9. The first-order chi connectivity index (χ1) is 13.2. The van der Waals surface area contributed by atoms with Crippen molar-refractivity contribution in [3.63, 3.8) is 0 Å². The summed E-state index contributed by atoms with van der Waals surface area (Å²) < 4.78 is 26.5. The highest BCUT2D eigenvalue weighted by molar-refractivity contribution is 7.89. The Hall–Kier alpha value is -2.30. The molecule has 0 radical (unpaired) electrons. The van der Waals surface area contributed by atoms with Crippen LogP contribution < -0.4 is 10.6 Å². The summed E-state index contributed by atoms with van der Waals surface area (Å²) in [5.74, 6) is -0.630. The molecule has 1 atom stereocenters. The Bertz CT molecular complexity index is 935. The molecule has 2 N–H and O–H groups in total. The van der Waals surface area contributed by atoms with Gasteiger partial charge in [-0.3, -0.25) is 9.59 Å². The fourth-order valence-electron chi connectivity index (χ4n) is 2.58. The minimum absolute atomic E-state index is 0.210. The largest absolute Gasteiger partial charge is 0.344 e. The van der Waals surface area contributed by atoms with Gasteiger partial charge < -0.3 is 10.6 Å². The van der Waals surface area contributed by atoms with Crippen molar-refractivity contribution in [2.75, 3.05) is 18.4 Å². The van der Waals surface area contributed by atoms with Gasteiger partial charge in [0.05, 0.1) is 10.9 Å². The summed E-state index contributed by atoms with van der Waals surface area (Å²) in [5.41, 5.74) is 0.977. The number of anilines is 1. The average molecular weight is 425 g/mol. The number of nitrogens with one attached hydrogen (secondary N) is 2. The first-order valence-corrected chi connectivity index (χ1v) is 11.1. The summed E-state index contributed by atoms with van der Waals surface area (Å²) in [6.45, 7) is 7.56. The molecule has 0 saturated heterocycles. The summed E-state index contributed by atoms with van der Waals surface area (Å²) in [7, 11) is -3.51. The van der Waals surface area contributed by atoms with E-state index in [1.54, 1.807) is 50.4 Å². The highest BCUT2D eigenvalue weighted by atomic mass is 32.2. The number of benzene rings is 1. The van der Waals surface area contributed by atoms with Crippen LogP contribution >= 0.6 is 11.3 Å². The fraction of sp³-hybridized carbons (Fsp3) is 0.389. The SMILES string of the molecule is CCN(CC)S(=O)(=O)c1ccc(C(C)NC(=O)c2csc(NC(C)=O)n2)cc1. The second-order valence-corrected chi connectivity index (χ2v) is 8.87. The number of hydrogen-bond donors (Lipinski definition) is 2. The van der Waals surface area contributed by atoms with Gasteiger partial charge in [0.1, 0.15) is 5.69 Å². The van der Waals surface area contributed by atoms with Crippen molar-refractivity contribution in [2.45, 2.75) is 38.6 Å². The van der Waals surface area contributed by atoms with Crippen LogP contribution in [0.3, 0.4) is 0 Å². The Morgan fingerprint density at radius 1 is 1.18 bits per heavy atom. The van der Waals surface area contributed by atoms with Gasteiger partial charge in [0.25, 0.3) is 5.91 Å². The summed E-state index contributed by atoms with van der Waals surface area (Å²) in [4.78, 5) is 27.7. The first kappa shape index (κ1) is 22.0. The van der Waals surface area contributed by atoms with Gasteiger partial charge in [-0.05, 0) is 24.6 Å². The summed E-state index contributed by atoms with van der Waals surface area (Å²) in [5, 5.41) is 7.27. The Labute approximate surface area is 169 Å². The minimum atomic E-state index is -3.51. The quantitative estimate of drug-likeness (QED) is 0.677. The fourth-order valence-corrected chi connectivity index (χ4v) is 4.78. The zero-order valence-corrected chi connectivity index (χ0v) is 17.9. The molecular weight excluding hydrogens is 400 g/mol. The molecule has 0 spiro atoms. The third-order valence-corrected chi connectivity index (χ3v) is 6.91. The molecule has 0 aliphatic heterocycles. The van der Waals surface area contributed by atoms with Crippen molar-refractivity contribution in [3.8, 4) is 0 Å². The van der Waals surface area contributed by atoms with E-state index >= 15 is 0 Å². The number of carbonyl (C=O) groups excluding carboxylic acids is 2. The smallest absolute Gasteiger partial charge is 0.271 e. The molecule has 1 heterocycles. The molecule has 0 bridgehead atoms. The van der Waals surface area contributed by atoms with Crippen molar-refractivity contribution in [1.82, 2.24) is 14.6 Å². The highest BCUT2D eigenvalue weighted by Gasteiger charge is 2.22. The van der Waals surface area contributed by atoms with Crippen LogP contribution in [0.25, 0.3) is 0 Å². The Kier molecular flexibility index (Phi) is 7.28. The molecule has 152 valence electrons. The minimum Gasteiger partial charge on any atom is -0.344 e. The molecule has 2 amide bonds. The van der Waals surface area contributed by atoms with Crippen molar-refractivity contribution < 1.29 is 18.0 Å². The maximum atomic E-state index is 12.5. The lowest BCUT2D eigenvalue weighted by Gasteiger charge is -2.19. The molecule has 10 heteroatoms. The Morgan fingerprint density at radius 2 is 1.79 bits per heavy atom. The van der Waals surface area contributed by atoms with E-state index in [4.69, 9.17) is 0 Å². The van der Waals surface area contributed by atoms with E-state index in [1.807, 2.05) is 0 Å². The lowest BCUT2D eigenvalue weighted by Crippen LogP contribution is -2.30. The Morgan fingerprint density at radius 3 is 2.32 bits per heavy atom. The third-order valence-electron chi connectivity index (χ3n) is 4.09. The van der Waals surface area contributed by atoms with Crippen molar-refractivity contribution in [3.05, 3.63) is 40.9 Å². The summed E-state index contributed by atoms with van der Waals surface area (Å²) in [6, 6.07) is 6.12. The van der Waals surface area contributed by atoms with Crippen molar-refractivity contribution in [2.24, 2.45) is 0 Å². The van der Waals surface area contributed by atoms with E-state index in [-0.39, 0.29) is 28.4 Å². The topological polar surface area (TPSA) is 108 Å². The van der Waals surface area contributed by atoms with Crippen LogP contribution in [-0.4, -0.2) is 42.6 Å². The molecule has 1 aromatic heterocycles.